The summed E-state index contributed by atoms with van der Waals surface area (Å²) in [6.45, 7) is 4.85. The van der Waals surface area contributed by atoms with Crippen molar-refractivity contribution in [1.82, 2.24) is 9.62 Å². The van der Waals surface area contributed by atoms with E-state index in [0.717, 1.165) is 5.56 Å². The highest BCUT2D eigenvalue weighted by Gasteiger charge is 2.21. The first-order valence-corrected chi connectivity index (χ1v) is 7.90. The predicted octanol–water partition coefficient (Wildman–Crippen LogP) is 1.50. The van der Waals surface area contributed by atoms with Gasteiger partial charge in [-0.05, 0) is 17.0 Å². The fourth-order valence-electron chi connectivity index (χ4n) is 1.27. The average Bonchev–Trinajstić information content (AvgIpc) is 2.75. The molecule has 0 atom stereocenters. The van der Waals surface area contributed by atoms with Gasteiger partial charge in [0.1, 0.15) is 4.21 Å². The highest BCUT2D eigenvalue weighted by atomic mass is 32.2. The molecule has 0 saturated carbocycles. The Kier molecular flexibility index (Phi) is 5.35. The minimum atomic E-state index is -3.44. The molecule has 0 aliphatic carbocycles. The standard InChI is InChI=1S/C12H18N2O2S2/c1-5-6-14(4)18(15,16)12-7-11(9-17-12)8-13-10(2)3/h1,7,9-10,13H,6,8H2,2-4H3. The van der Waals surface area contributed by atoms with Gasteiger partial charge in [-0.15, -0.1) is 17.8 Å². The van der Waals surface area contributed by atoms with E-state index in [2.05, 4.69) is 11.2 Å². The lowest BCUT2D eigenvalue weighted by molar-refractivity contribution is 0.505. The third-order valence-electron chi connectivity index (χ3n) is 2.32. The van der Waals surface area contributed by atoms with E-state index in [1.807, 2.05) is 19.2 Å². The van der Waals surface area contributed by atoms with Crippen LogP contribution in [-0.4, -0.2) is 32.4 Å². The van der Waals surface area contributed by atoms with E-state index in [4.69, 9.17) is 6.42 Å². The van der Waals surface area contributed by atoms with Gasteiger partial charge in [0.25, 0.3) is 10.0 Å². The van der Waals surface area contributed by atoms with Crippen molar-refractivity contribution >= 4 is 21.4 Å². The SMILES string of the molecule is C#CCN(C)S(=O)(=O)c1cc(CNC(C)C)cs1. The van der Waals surface area contributed by atoms with E-state index in [-0.39, 0.29) is 6.54 Å². The van der Waals surface area contributed by atoms with E-state index >= 15 is 0 Å². The molecule has 1 aromatic rings. The third-order valence-corrected chi connectivity index (χ3v) is 5.59. The second-order valence-corrected chi connectivity index (χ2v) is 7.46. The molecule has 0 aromatic carbocycles. The van der Waals surface area contributed by atoms with Gasteiger partial charge in [0.05, 0.1) is 6.54 Å². The summed E-state index contributed by atoms with van der Waals surface area (Å²) in [6.07, 6.45) is 5.13. The summed E-state index contributed by atoms with van der Waals surface area (Å²) in [4.78, 5) is 0. The van der Waals surface area contributed by atoms with E-state index in [1.54, 1.807) is 6.07 Å². The zero-order chi connectivity index (χ0) is 13.8. The van der Waals surface area contributed by atoms with Crippen molar-refractivity contribution in [3.8, 4) is 12.3 Å². The average molecular weight is 286 g/mol. The zero-order valence-corrected chi connectivity index (χ0v) is 12.4. The summed E-state index contributed by atoms with van der Waals surface area (Å²) < 4.78 is 25.7. The van der Waals surface area contributed by atoms with E-state index < -0.39 is 10.0 Å². The molecule has 100 valence electrons. The van der Waals surface area contributed by atoms with Crippen molar-refractivity contribution in [2.75, 3.05) is 13.6 Å². The zero-order valence-electron chi connectivity index (χ0n) is 10.8. The number of rotatable bonds is 6. The Bertz CT molecular complexity index is 527. The Hall–Kier alpha value is -0.870. The van der Waals surface area contributed by atoms with Crippen molar-refractivity contribution in [2.45, 2.75) is 30.6 Å². The summed E-state index contributed by atoms with van der Waals surface area (Å²) in [5.74, 6) is 2.33. The minimum absolute atomic E-state index is 0.0831. The Morgan fingerprint density at radius 3 is 2.78 bits per heavy atom. The fourth-order valence-corrected chi connectivity index (χ4v) is 3.77. The van der Waals surface area contributed by atoms with Gasteiger partial charge in [0, 0.05) is 19.6 Å². The normalized spacial score (nSPS) is 12.0. The quantitative estimate of drug-likeness (QED) is 0.806. The maximum absolute atomic E-state index is 12.1. The molecule has 0 saturated heterocycles. The van der Waals surface area contributed by atoms with Gasteiger partial charge in [-0.2, -0.15) is 4.31 Å². The summed E-state index contributed by atoms with van der Waals surface area (Å²) >= 11 is 1.22. The van der Waals surface area contributed by atoms with E-state index in [1.165, 1.54) is 22.7 Å². The Morgan fingerprint density at radius 2 is 2.22 bits per heavy atom. The van der Waals surface area contributed by atoms with Crippen LogP contribution in [0.3, 0.4) is 0 Å². The first kappa shape index (κ1) is 15.2. The summed E-state index contributed by atoms with van der Waals surface area (Å²) in [6, 6.07) is 2.07. The molecule has 1 heterocycles. The van der Waals surface area contributed by atoms with Crippen molar-refractivity contribution < 1.29 is 8.42 Å². The molecule has 0 bridgehead atoms. The van der Waals surface area contributed by atoms with Crippen molar-refractivity contribution in [3.05, 3.63) is 17.0 Å². The number of nitrogens with zero attached hydrogens (tertiary/aromatic N) is 1. The molecule has 1 N–H and O–H groups in total. The number of thiophene rings is 1. The summed E-state index contributed by atoms with van der Waals surface area (Å²) in [5.41, 5.74) is 0.974. The Labute approximate surface area is 113 Å². The lowest BCUT2D eigenvalue weighted by atomic mass is 10.3. The van der Waals surface area contributed by atoms with Crippen LogP contribution in [0.15, 0.2) is 15.7 Å². The van der Waals surface area contributed by atoms with Crippen LogP contribution in [-0.2, 0) is 16.6 Å². The second-order valence-electron chi connectivity index (χ2n) is 4.27. The molecule has 0 spiro atoms. The van der Waals surface area contributed by atoms with Crippen LogP contribution in [0.5, 0.6) is 0 Å². The third kappa shape index (κ3) is 3.82. The van der Waals surface area contributed by atoms with Crippen LogP contribution >= 0.6 is 11.3 Å². The number of sulfonamides is 1. The maximum atomic E-state index is 12.1. The minimum Gasteiger partial charge on any atom is -0.310 e. The van der Waals surface area contributed by atoms with Gasteiger partial charge >= 0.3 is 0 Å². The van der Waals surface area contributed by atoms with Gasteiger partial charge in [-0.3, -0.25) is 0 Å². The monoisotopic (exact) mass is 286 g/mol. The molecule has 0 amide bonds. The van der Waals surface area contributed by atoms with Crippen molar-refractivity contribution in [2.24, 2.45) is 0 Å². The van der Waals surface area contributed by atoms with E-state index in [9.17, 15) is 8.42 Å². The van der Waals surface area contributed by atoms with Gasteiger partial charge in [-0.1, -0.05) is 19.8 Å². The van der Waals surface area contributed by atoms with Crippen molar-refractivity contribution in [1.29, 1.82) is 0 Å². The van der Waals surface area contributed by atoms with Crippen LogP contribution in [0.1, 0.15) is 19.4 Å². The van der Waals surface area contributed by atoms with Gasteiger partial charge in [0.15, 0.2) is 0 Å². The lowest BCUT2D eigenvalue weighted by Crippen LogP contribution is -2.26. The molecule has 1 rings (SSSR count). The van der Waals surface area contributed by atoms with Crippen LogP contribution in [0.25, 0.3) is 0 Å². The molecule has 0 aliphatic rings. The largest absolute Gasteiger partial charge is 0.310 e. The molecule has 4 nitrogen and oxygen atoms in total. The van der Waals surface area contributed by atoms with Gasteiger partial charge in [0.2, 0.25) is 0 Å². The first-order valence-electron chi connectivity index (χ1n) is 5.58. The molecule has 0 radical (unpaired) electrons. The number of nitrogens with one attached hydrogen (secondary N) is 1. The highest BCUT2D eigenvalue weighted by molar-refractivity contribution is 7.91. The van der Waals surface area contributed by atoms with Crippen molar-refractivity contribution in [3.63, 3.8) is 0 Å². The van der Waals surface area contributed by atoms with Crippen LogP contribution in [0.2, 0.25) is 0 Å². The van der Waals surface area contributed by atoms with Crippen LogP contribution < -0.4 is 5.32 Å². The lowest BCUT2D eigenvalue weighted by Gasteiger charge is -2.12. The molecule has 0 unspecified atom stereocenters. The number of hydrogen-bond acceptors (Lipinski definition) is 4. The maximum Gasteiger partial charge on any atom is 0.253 e. The van der Waals surface area contributed by atoms with Gasteiger partial charge in [-0.25, -0.2) is 8.42 Å². The van der Waals surface area contributed by atoms with E-state index in [0.29, 0.717) is 16.8 Å². The van der Waals surface area contributed by atoms with Gasteiger partial charge < -0.3 is 5.32 Å². The molecule has 1 aromatic heterocycles. The number of terminal acetylenes is 1. The Balaban J connectivity index is 2.82. The molecule has 18 heavy (non-hydrogen) atoms. The molecule has 6 heteroatoms. The highest BCUT2D eigenvalue weighted by Crippen LogP contribution is 2.23. The van der Waals surface area contributed by atoms with Crippen LogP contribution in [0, 0.1) is 12.3 Å². The molecular weight excluding hydrogens is 268 g/mol. The molecule has 0 aliphatic heterocycles. The Morgan fingerprint density at radius 1 is 1.56 bits per heavy atom. The fraction of sp³-hybridized carbons (Fsp3) is 0.500. The van der Waals surface area contributed by atoms with Crippen LogP contribution in [0.4, 0.5) is 0 Å². The second kappa shape index (κ2) is 6.34. The topological polar surface area (TPSA) is 49.4 Å². The molecule has 0 fully saturated rings. The summed E-state index contributed by atoms with van der Waals surface area (Å²) in [7, 11) is -1.95. The molecular formula is C12H18N2O2S2. The first-order chi connectivity index (χ1) is 8.37. The summed E-state index contributed by atoms with van der Waals surface area (Å²) in [5, 5.41) is 5.10. The number of hydrogen-bond donors (Lipinski definition) is 1. The smallest absolute Gasteiger partial charge is 0.253 e. The predicted molar refractivity (Wildman–Crippen MR) is 74.9 cm³/mol.